The number of rotatable bonds is 5. The molecule has 0 heterocycles. The van der Waals surface area contributed by atoms with Gasteiger partial charge in [-0.1, -0.05) is 23.7 Å². The number of benzene rings is 1. The maximum atomic E-state index is 9.07. The highest BCUT2D eigenvalue weighted by atomic mass is 35.5. The molecule has 0 saturated heterocycles. The third kappa shape index (κ3) is 2.67. The summed E-state index contributed by atoms with van der Waals surface area (Å²) in [6.07, 6.45) is 2.46. The smallest absolute Gasteiger partial charge is 0.142 e. The number of nitrogens with two attached hydrogens (primary N) is 1. The van der Waals surface area contributed by atoms with Crippen molar-refractivity contribution in [3.8, 4) is 5.75 Å². The highest BCUT2D eigenvalue weighted by Crippen LogP contribution is 2.35. The van der Waals surface area contributed by atoms with E-state index in [-0.39, 0.29) is 6.61 Å². The molecule has 1 atom stereocenters. The fourth-order valence-corrected chi connectivity index (χ4v) is 1.79. The quantitative estimate of drug-likeness (QED) is 0.830. The molecule has 0 bridgehead atoms. The van der Waals surface area contributed by atoms with E-state index in [0.29, 0.717) is 23.3 Å². The zero-order valence-electron chi connectivity index (χ0n) is 9.03. The predicted molar refractivity (Wildman–Crippen MR) is 63.7 cm³/mol. The van der Waals surface area contributed by atoms with E-state index in [1.165, 1.54) is 12.8 Å². The number of hydrogen-bond donors (Lipinski definition) is 2. The Kier molecular flexibility index (Phi) is 3.69. The number of halogens is 1. The second-order valence-corrected chi connectivity index (χ2v) is 4.61. The fraction of sp³-hybridized carbons (Fsp3) is 0.500. The van der Waals surface area contributed by atoms with Crippen LogP contribution in [0, 0.1) is 5.92 Å². The van der Waals surface area contributed by atoms with Gasteiger partial charge < -0.3 is 15.6 Å². The van der Waals surface area contributed by atoms with E-state index in [4.69, 9.17) is 27.2 Å². The molecule has 1 saturated carbocycles. The average Bonchev–Trinajstić information content (AvgIpc) is 3.10. The van der Waals surface area contributed by atoms with Crippen molar-refractivity contribution in [2.45, 2.75) is 18.9 Å². The first kappa shape index (κ1) is 11.7. The van der Waals surface area contributed by atoms with Gasteiger partial charge in [-0.25, -0.2) is 0 Å². The third-order valence-corrected chi connectivity index (χ3v) is 3.05. The van der Waals surface area contributed by atoms with Crippen LogP contribution in [-0.2, 0) is 0 Å². The van der Waals surface area contributed by atoms with E-state index < -0.39 is 6.04 Å². The lowest BCUT2D eigenvalue weighted by atomic mass is 10.1. The molecule has 0 aliphatic heterocycles. The van der Waals surface area contributed by atoms with Crippen molar-refractivity contribution in [2.75, 3.05) is 13.2 Å². The molecule has 4 heteroatoms. The minimum absolute atomic E-state index is 0.111. The second kappa shape index (κ2) is 5.04. The van der Waals surface area contributed by atoms with Crippen molar-refractivity contribution in [2.24, 2.45) is 11.7 Å². The van der Waals surface area contributed by atoms with Crippen LogP contribution in [0.2, 0.25) is 5.02 Å². The first-order valence-electron chi connectivity index (χ1n) is 5.50. The fourth-order valence-electron chi connectivity index (χ4n) is 1.55. The van der Waals surface area contributed by atoms with Gasteiger partial charge in [0.2, 0.25) is 0 Å². The number of para-hydroxylation sites is 1. The zero-order valence-corrected chi connectivity index (χ0v) is 9.78. The minimum atomic E-state index is -0.437. The van der Waals surface area contributed by atoms with Crippen molar-refractivity contribution in [1.82, 2.24) is 0 Å². The Labute approximate surface area is 100 Å². The van der Waals surface area contributed by atoms with Crippen LogP contribution in [-0.4, -0.2) is 18.3 Å². The normalized spacial score (nSPS) is 17.2. The molecule has 0 spiro atoms. The molecule has 1 fully saturated rings. The lowest BCUT2D eigenvalue weighted by Crippen LogP contribution is -2.16. The maximum absolute atomic E-state index is 9.07. The number of ether oxygens (including phenoxy) is 1. The van der Waals surface area contributed by atoms with Crippen LogP contribution in [0.15, 0.2) is 18.2 Å². The molecule has 1 unspecified atom stereocenters. The summed E-state index contributed by atoms with van der Waals surface area (Å²) in [5, 5.41) is 9.63. The standard InChI is InChI=1S/C12H16ClNO2/c13-10-3-1-2-9(11(14)6-15)12(10)16-7-8-4-5-8/h1-3,8,11,15H,4-7,14H2. The van der Waals surface area contributed by atoms with Crippen LogP contribution in [0.4, 0.5) is 0 Å². The summed E-state index contributed by atoms with van der Waals surface area (Å²) in [5.41, 5.74) is 6.57. The Morgan fingerprint density at radius 2 is 2.25 bits per heavy atom. The van der Waals surface area contributed by atoms with Gasteiger partial charge in [0.25, 0.3) is 0 Å². The maximum Gasteiger partial charge on any atom is 0.142 e. The van der Waals surface area contributed by atoms with Crippen molar-refractivity contribution in [3.05, 3.63) is 28.8 Å². The van der Waals surface area contributed by atoms with Crippen LogP contribution in [0.1, 0.15) is 24.4 Å². The Morgan fingerprint density at radius 3 is 2.88 bits per heavy atom. The van der Waals surface area contributed by atoms with Gasteiger partial charge in [-0.05, 0) is 24.8 Å². The van der Waals surface area contributed by atoms with Crippen LogP contribution in [0.25, 0.3) is 0 Å². The predicted octanol–water partition coefficient (Wildman–Crippen LogP) is 2.12. The van der Waals surface area contributed by atoms with Crippen molar-refractivity contribution < 1.29 is 9.84 Å². The topological polar surface area (TPSA) is 55.5 Å². The monoisotopic (exact) mass is 241 g/mol. The Hall–Kier alpha value is -0.770. The molecule has 0 amide bonds. The van der Waals surface area contributed by atoms with Gasteiger partial charge in [0.05, 0.1) is 24.3 Å². The molecule has 0 aromatic heterocycles. The Bertz CT molecular complexity index is 366. The van der Waals surface area contributed by atoms with Crippen LogP contribution >= 0.6 is 11.6 Å². The number of aliphatic hydroxyl groups is 1. The van der Waals surface area contributed by atoms with Gasteiger partial charge in [-0.2, -0.15) is 0 Å². The van der Waals surface area contributed by atoms with Gasteiger partial charge in [0.15, 0.2) is 0 Å². The van der Waals surface area contributed by atoms with Crippen molar-refractivity contribution in [1.29, 1.82) is 0 Å². The van der Waals surface area contributed by atoms with Gasteiger partial charge in [-0.3, -0.25) is 0 Å². The summed E-state index contributed by atoms with van der Waals surface area (Å²) in [4.78, 5) is 0. The molecule has 1 aliphatic carbocycles. The zero-order chi connectivity index (χ0) is 11.5. The molecular weight excluding hydrogens is 226 g/mol. The van der Waals surface area contributed by atoms with Gasteiger partial charge in [-0.15, -0.1) is 0 Å². The largest absolute Gasteiger partial charge is 0.491 e. The second-order valence-electron chi connectivity index (χ2n) is 4.20. The molecule has 3 nitrogen and oxygen atoms in total. The van der Waals surface area contributed by atoms with Gasteiger partial charge in [0.1, 0.15) is 5.75 Å². The summed E-state index contributed by atoms with van der Waals surface area (Å²) in [7, 11) is 0. The Balaban J connectivity index is 2.17. The summed E-state index contributed by atoms with van der Waals surface area (Å²) < 4.78 is 5.69. The van der Waals surface area contributed by atoms with E-state index in [2.05, 4.69) is 0 Å². The van der Waals surface area contributed by atoms with Gasteiger partial charge >= 0.3 is 0 Å². The lowest BCUT2D eigenvalue weighted by Gasteiger charge is -2.16. The summed E-state index contributed by atoms with van der Waals surface area (Å²) in [5.74, 6) is 1.28. The molecule has 2 rings (SSSR count). The summed E-state index contributed by atoms with van der Waals surface area (Å²) >= 11 is 6.07. The molecule has 88 valence electrons. The molecule has 3 N–H and O–H groups in total. The van der Waals surface area contributed by atoms with Crippen LogP contribution in [0.3, 0.4) is 0 Å². The molecule has 1 aliphatic rings. The van der Waals surface area contributed by atoms with E-state index >= 15 is 0 Å². The molecule has 1 aromatic rings. The van der Waals surface area contributed by atoms with E-state index in [9.17, 15) is 0 Å². The molecule has 1 aromatic carbocycles. The molecule has 16 heavy (non-hydrogen) atoms. The molecule has 0 radical (unpaired) electrons. The summed E-state index contributed by atoms with van der Waals surface area (Å²) in [6, 6.07) is 5.00. The van der Waals surface area contributed by atoms with Crippen LogP contribution in [0.5, 0.6) is 5.75 Å². The van der Waals surface area contributed by atoms with E-state index in [1.54, 1.807) is 6.07 Å². The van der Waals surface area contributed by atoms with Crippen molar-refractivity contribution in [3.63, 3.8) is 0 Å². The lowest BCUT2D eigenvalue weighted by molar-refractivity contribution is 0.257. The Morgan fingerprint density at radius 1 is 1.50 bits per heavy atom. The number of hydrogen-bond acceptors (Lipinski definition) is 3. The van der Waals surface area contributed by atoms with Gasteiger partial charge in [0, 0.05) is 5.56 Å². The van der Waals surface area contributed by atoms with Crippen molar-refractivity contribution >= 4 is 11.6 Å². The SMILES string of the molecule is NC(CO)c1cccc(Cl)c1OCC1CC1. The van der Waals surface area contributed by atoms with E-state index in [0.717, 1.165) is 5.56 Å². The first-order valence-corrected chi connectivity index (χ1v) is 5.87. The summed E-state index contributed by atoms with van der Waals surface area (Å²) in [6.45, 7) is 0.578. The molecular formula is C12H16ClNO2. The first-order chi connectivity index (χ1) is 7.72. The van der Waals surface area contributed by atoms with E-state index in [1.807, 2.05) is 12.1 Å². The van der Waals surface area contributed by atoms with Crippen LogP contribution < -0.4 is 10.5 Å². The minimum Gasteiger partial charge on any atom is -0.491 e. The highest BCUT2D eigenvalue weighted by Gasteiger charge is 2.23. The third-order valence-electron chi connectivity index (χ3n) is 2.75. The average molecular weight is 242 g/mol. The number of aliphatic hydroxyl groups excluding tert-OH is 1. The highest BCUT2D eigenvalue weighted by molar-refractivity contribution is 6.32.